The van der Waals surface area contributed by atoms with Gasteiger partial charge in [-0.05, 0) is 37.9 Å². The third-order valence-electron chi connectivity index (χ3n) is 4.86. The number of hydrogen-bond donors (Lipinski definition) is 2. The van der Waals surface area contributed by atoms with E-state index in [1.165, 1.54) is 12.8 Å². The first-order chi connectivity index (χ1) is 11.8. The van der Waals surface area contributed by atoms with Crippen molar-refractivity contribution in [2.45, 2.75) is 44.9 Å². The molecule has 5 heteroatoms. The van der Waals surface area contributed by atoms with Crippen molar-refractivity contribution < 1.29 is 4.79 Å². The van der Waals surface area contributed by atoms with Gasteiger partial charge in [0, 0.05) is 32.0 Å². The highest BCUT2D eigenvalue weighted by Gasteiger charge is 2.25. The lowest BCUT2D eigenvalue weighted by molar-refractivity contribution is -0.132. The fourth-order valence-electron chi connectivity index (χ4n) is 3.35. The number of rotatable bonds is 7. The van der Waals surface area contributed by atoms with Gasteiger partial charge in [0.2, 0.25) is 5.91 Å². The van der Waals surface area contributed by atoms with Crippen molar-refractivity contribution in [3.8, 4) is 0 Å². The summed E-state index contributed by atoms with van der Waals surface area (Å²) in [5.74, 6) is 1.79. The number of unbranched alkanes of at least 4 members (excludes halogenated alkanes) is 1. The maximum atomic E-state index is 12.3. The van der Waals surface area contributed by atoms with Crippen LogP contribution in [0.3, 0.4) is 0 Å². The molecular formula is C19H28N4O. The number of piperidine rings is 1. The fraction of sp³-hybridized carbons (Fsp3) is 0.579. The molecule has 1 aromatic carbocycles. The molecular weight excluding hydrogens is 300 g/mol. The lowest BCUT2D eigenvalue weighted by atomic mass is 9.96. The highest BCUT2D eigenvalue weighted by Crippen LogP contribution is 2.27. The number of benzene rings is 1. The maximum absolute atomic E-state index is 12.3. The van der Waals surface area contributed by atoms with Crippen LogP contribution < -0.4 is 5.32 Å². The van der Waals surface area contributed by atoms with E-state index in [2.05, 4.69) is 23.3 Å². The minimum Gasteiger partial charge on any atom is -0.343 e. The minimum absolute atomic E-state index is 0.280. The largest absolute Gasteiger partial charge is 0.343 e. The Morgan fingerprint density at radius 1 is 1.29 bits per heavy atom. The molecule has 1 aliphatic rings. The van der Waals surface area contributed by atoms with Crippen molar-refractivity contribution in [3.63, 3.8) is 0 Å². The molecule has 3 rings (SSSR count). The topological polar surface area (TPSA) is 61.0 Å². The van der Waals surface area contributed by atoms with Crippen LogP contribution in [0.5, 0.6) is 0 Å². The van der Waals surface area contributed by atoms with Crippen LogP contribution in [0.25, 0.3) is 11.0 Å². The SMILES string of the molecule is CCCCNCCC(=O)N1CCC(c2nc3ccccc3[nH]2)CC1. The Balaban J connectivity index is 1.46. The van der Waals surface area contributed by atoms with Gasteiger partial charge in [-0.1, -0.05) is 25.5 Å². The van der Waals surface area contributed by atoms with E-state index in [1.54, 1.807) is 0 Å². The van der Waals surface area contributed by atoms with Gasteiger partial charge in [0.25, 0.3) is 0 Å². The monoisotopic (exact) mass is 328 g/mol. The Morgan fingerprint density at radius 3 is 2.83 bits per heavy atom. The molecule has 2 aromatic rings. The summed E-state index contributed by atoms with van der Waals surface area (Å²) in [5, 5.41) is 3.34. The normalized spacial score (nSPS) is 16.0. The quantitative estimate of drug-likeness (QED) is 0.768. The van der Waals surface area contributed by atoms with Crippen LogP contribution >= 0.6 is 0 Å². The Hall–Kier alpha value is -1.88. The number of imidazole rings is 1. The number of fused-ring (bicyclic) bond motifs is 1. The molecule has 1 aliphatic heterocycles. The van der Waals surface area contributed by atoms with Gasteiger partial charge in [0.05, 0.1) is 11.0 Å². The van der Waals surface area contributed by atoms with Gasteiger partial charge in [-0.2, -0.15) is 0 Å². The average Bonchev–Trinajstić information content (AvgIpc) is 3.05. The van der Waals surface area contributed by atoms with Crippen molar-refractivity contribution >= 4 is 16.9 Å². The zero-order valence-electron chi connectivity index (χ0n) is 14.6. The number of aromatic nitrogens is 2. The summed E-state index contributed by atoms with van der Waals surface area (Å²) in [6, 6.07) is 8.15. The van der Waals surface area contributed by atoms with Crippen LogP contribution in [0.15, 0.2) is 24.3 Å². The number of likely N-dealkylation sites (tertiary alicyclic amines) is 1. The molecule has 5 nitrogen and oxygen atoms in total. The highest BCUT2D eigenvalue weighted by atomic mass is 16.2. The average molecular weight is 328 g/mol. The zero-order chi connectivity index (χ0) is 16.8. The first kappa shape index (κ1) is 17.0. The second kappa shape index (κ2) is 8.29. The van der Waals surface area contributed by atoms with Crippen LogP contribution in [0.4, 0.5) is 0 Å². The van der Waals surface area contributed by atoms with Crippen molar-refractivity contribution in [3.05, 3.63) is 30.1 Å². The third-order valence-corrected chi connectivity index (χ3v) is 4.86. The van der Waals surface area contributed by atoms with E-state index < -0.39 is 0 Å². The number of nitrogens with zero attached hydrogens (tertiary/aromatic N) is 2. The van der Waals surface area contributed by atoms with Crippen LogP contribution in [0.2, 0.25) is 0 Å². The number of carbonyl (C=O) groups excluding carboxylic acids is 1. The maximum Gasteiger partial charge on any atom is 0.223 e. The van der Waals surface area contributed by atoms with Gasteiger partial charge < -0.3 is 15.2 Å². The second-order valence-corrected chi connectivity index (χ2v) is 6.65. The molecule has 0 bridgehead atoms. The smallest absolute Gasteiger partial charge is 0.223 e. The molecule has 24 heavy (non-hydrogen) atoms. The standard InChI is InChI=1S/C19H28N4O/c1-2-3-11-20-12-8-18(24)23-13-9-15(10-14-23)19-21-16-6-4-5-7-17(16)22-19/h4-7,15,20H,2-3,8-14H2,1H3,(H,21,22). The molecule has 130 valence electrons. The predicted molar refractivity (Wildman–Crippen MR) is 97.0 cm³/mol. The summed E-state index contributed by atoms with van der Waals surface area (Å²) in [4.78, 5) is 22.4. The second-order valence-electron chi connectivity index (χ2n) is 6.65. The summed E-state index contributed by atoms with van der Waals surface area (Å²) in [5.41, 5.74) is 2.13. The number of amides is 1. The van der Waals surface area contributed by atoms with Gasteiger partial charge >= 0.3 is 0 Å². The van der Waals surface area contributed by atoms with E-state index >= 15 is 0 Å². The van der Waals surface area contributed by atoms with E-state index in [4.69, 9.17) is 4.98 Å². The van der Waals surface area contributed by atoms with Crippen molar-refractivity contribution in [1.82, 2.24) is 20.2 Å². The Kier molecular flexibility index (Phi) is 5.86. The number of hydrogen-bond acceptors (Lipinski definition) is 3. The van der Waals surface area contributed by atoms with E-state index in [0.29, 0.717) is 12.3 Å². The molecule has 0 unspecified atom stereocenters. The van der Waals surface area contributed by atoms with Crippen LogP contribution in [-0.4, -0.2) is 47.0 Å². The van der Waals surface area contributed by atoms with Crippen molar-refractivity contribution in [2.24, 2.45) is 0 Å². The van der Waals surface area contributed by atoms with E-state index in [-0.39, 0.29) is 5.91 Å². The summed E-state index contributed by atoms with van der Waals surface area (Å²) in [6.45, 7) is 5.67. The van der Waals surface area contributed by atoms with Crippen LogP contribution in [-0.2, 0) is 4.79 Å². The van der Waals surface area contributed by atoms with Gasteiger partial charge in [-0.25, -0.2) is 4.98 Å². The molecule has 1 aromatic heterocycles. The van der Waals surface area contributed by atoms with Gasteiger partial charge in [0.1, 0.15) is 5.82 Å². The van der Waals surface area contributed by atoms with Crippen LogP contribution in [0.1, 0.15) is 50.8 Å². The number of H-pyrrole nitrogens is 1. The molecule has 0 saturated carbocycles. The molecule has 1 amide bonds. The third kappa shape index (κ3) is 4.15. The lowest BCUT2D eigenvalue weighted by Crippen LogP contribution is -2.39. The molecule has 2 N–H and O–H groups in total. The molecule has 0 atom stereocenters. The van der Waals surface area contributed by atoms with E-state index in [1.807, 2.05) is 23.1 Å². The number of carbonyl (C=O) groups is 1. The van der Waals surface area contributed by atoms with Gasteiger partial charge in [-0.3, -0.25) is 4.79 Å². The first-order valence-electron chi connectivity index (χ1n) is 9.21. The lowest BCUT2D eigenvalue weighted by Gasteiger charge is -2.31. The highest BCUT2D eigenvalue weighted by molar-refractivity contribution is 5.76. The molecule has 2 heterocycles. The molecule has 0 spiro atoms. The number of aromatic amines is 1. The first-order valence-corrected chi connectivity index (χ1v) is 9.21. The molecule has 0 aliphatic carbocycles. The Labute approximate surface area is 143 Å². The van der Waals surface area contributed by atoms with E-state index in [0.717, 1.165) is 55.9 Å². The van der Waals surface area contributed by atoms with Crippen LogP contribution in [0, 0.1) is 0 Å². The number of nitrogens with one attached hydrogen (secondary N) is 2. The summed E-state index contributed by atoms with van der Waals surface area (Å²) in [7, 11) is 0. The van der Waals surface area contributed by atoms with E-state index in [9.17, 15) is 4.79 Å². The molecule has 0 radical (unpaired) electrons. The Morgan fingerprint density at radius 2 is 2.08 bits per heavy atom. The summed E-state index contributed by atoms with van der Waals surface area (Å²) >= 11 is 0. The Bertz CT molecular complexity index is 625. The fourth-order valence-corrected chi connectivity index (χ4v) is 3.35. The summed E-state index contributed by atoms with van der Waals surface area (Å²) in [6.07, 6.45) is 4.97. The van der Waals surface area contributed by atoms with Crippen molar-refractivity contribution in [2.75, 3.05) is 26.2 Å². The zero-order valence-corrected chi connectivity index (χ0v) is 14.6. The molecule has 1 fully saturated rings. The molecule has 1 saturated heterocycles. The van der Waals surface area contributed by atoms with Gasteiger partial charge in [-0.15, -0.1) is 0 Å². The summed E-state index contributed by atoms with van der Waals surface area (Å²) < 4.78 is 0. The predicted octanol–water partition coefficient (Wildman–Crippen LogP) is 3.05. The minimum atomic E-state index is 0.280. The number of para-hydroxylation sites is 2. The van der Waals surface area contributed by atoms with Gasteiger partial charge in [0.15, 0.2) is 0 Å². The van der Waals surface area contributed by atoms with Crippen molar-refractivity contribution in [1.29, 1.82) is 0 Å².